The van der Waals surface area contributed by atoms with E-state index in [0.717, 1.165) is 18.2 Å². The summed E-state index contributed by atoms with van der Waals surface area (Å²) >= 11 is 11.7. The number of carbonyl (C=O) groups is 1. The van der Waals surface area contributed by atoms with Crippen molar-refractivity contribution in [3.63, 3.8) is 0 Å². The van der Waals surface area contributed by atoms with Crippen LogP contribution in [0.1, 0.15) is 24.1 Å². The van der Waals surface area contributed by atoms with Crippen molar-refractivity contribution >= 4 is 35.2 Å². The summed E-state index contributed by atoms with van der Waals surface area (Å²) in [6.45, 7) is 1.68. The minimum Gasteiger partial charge on any atom is -0.345 e. The number of hydrogen-bond donors (Lipinski definition) is 1. The second kappa shape index (κ2) is 8.11. The third kappa shape index (κ3) is 4.36. The fourth-order valence-corrected chi connectivity index (χ4v) is 2.61. The van der Waals surface area contributed by atoms with Gasteiger partial charge in [-0.15, -0.1) is 0 Å². The highest BCUT2D eigenvalue weighted by Gasteiger charge is 2.18. The average Bonchev–Trinajstić information content (AvgIpc) is 2.58. The SMILES string of the molecule is C[C@H](NC(=O)C(C#N)=Cc1c(F)ccc(Cl)c1F)c1ccccc1Cl. The van der Waals surface area contributed by atoms with Gasteiger partial charge in [0.2, 0.25) is 0 Å². The summed E-state index contributed by atoms with van der Waals surface area (Å²) in [5.41, 5.74) is -0.363. The molecule has 128 valence electrons. The largest absolute Gasteiger partial charge is 0.345 e. The lowest BCUT2D eigenvalue weighted by Crippen LogP contribution is -2.27. The Kier molecular flexibility index (Phi) is 6.13. The molecule has 0 heterocycles. The second-order valence-electron chi connectivity index (χ2n) is 5.14. The van der Waals surface area contributed by atoms with E-state index in [1.165, 1.54) is 0 Å². The fraction of sp³-hybridized carbons (Fsp3) is 0.111. The lowest BCUT2D eigenvalue weighted by atomic mass is 10.1. The Bertz CT molecular complexity index is 891. The van der Waals surface area contributed by atoms with Crippen LogP contribution in [0.5, 0.6) is 0 Å². The lowest BCUT2D eigenvalue weighted by molar-refractivity contribution is -0.117. The molecule has 3 nitrogen and oxygen atoms in total. The normalized spacial score (nSPS) is 12.4. The molecule has 0 aromatic heterocycles. The summed E-state index contributed by atoms with van der Waals surface area (Å²) in [5.74, 6) is -2.75. The van der Waals surface area contributed by atoms with Crippen LogP contribution in [0.2, 0.25) is 10.0 Å². The molecule has 0 unspecified atom stereocenters. The highest BCUT2D eigenvalue weighted by Crippen LogP contribution is 2.25. The third-order valence-corrected chi connectivity index (χ3v) is 4.09. The van der Waals surface area contributed by atoms with Crippen molar-refractivity contribution in [3.8, 4) is 6.07 Å². The van der Waals surface area contributed by atoms with E-state index < -0.39 is 34.7 Å². The highest BCUT2D eigenvalue weighted by atomic mass is 35.5. The van der Waals surface area contributed by atoms with Gasteiger partial charge in [-0.25, -0.2) is 8.78 Å². The second-order valence-corrected chi connectivity index (χ2v) is 5.96. The zero-order valence-corrected chi connectivity index (χ0v) is 14.5. The van der Waals surface area contributed by atoms with Crippen molar-refractivity contribution in [1.29, 1.82) is 5.26 Å². The van der Waals surface area contributed by atoms with Crippen molar-refractivity contribution < 1.29 is 13.6 Å². The van der Waals surface area contributed by atoms with Crippen molar-refractivity contribution in [2.45, 2.75) is 13.0 Å². The number of nitrogens with zero attached hydrogens (tertiary/aromatic N) is 1. The maximum Gasteiger partial charge on any atom is 0.262 e. The van der Waals surface area contributed by atoms with Crippen LogP contribution in [-0.2, 0) is 4.79 Å². The first-order valence-corrected chi connectivity index (χ1v) is 7.91. The van der Waals surface area contributed by atoms with Gasteiger partial charge in [0.25, 0.3) is 5.91 Å². The molecule has 0 spiro atoms. The van der Waals surface area contributed by atoms with Crippen LogP contribution in [0.15, 0.2) is 42.0 Å². The molecule has 2 aromatic carbocycles. The van der Waals surface area contributed by atoms with Crippen LogP contribution in [0.4, 0.5) is 8.78 Å². The average molecular weight is 381 g/mol. The van der Waals surface area contributed by atoms with Crippen LogP contribution < -0.4 is 5.32 Å². The summed E-state index contributed by atoms with van der Waals surface area (Å²) in [4.78, 5) is 12.3. The molecule has 0 aliphatic rings. The summed E-state index contributed by atoms with van der Waals surface area (Å²) in [7, 11) is 0. The number of halogens is 4. The highest BCUT2D eigenvalue weighted by molar-refractivity contribution is 6.31. The first kappa shape index (κ1) is 18.9. The molecule has 0 aliphatic heterocycles. The Morgan fingerprint density at radius 2 is 1.88 bits per heavy atom. The first-order chi connectivity index (χ1) is 11.8. The van der Waals surface area contributed by atoms with Gasteiger partial charge in [-0.05, 0) is 36.8 Å². The molecule has 0 aliphatic carbocycles. The van der Waals surface area contributed by atoms with Crippen LogP contribution in [0, 0.1) is 23.0 Å². The summed E-state index contributed by atoms with van der Waals surface area (Å²) in [5, 5.41) is 11.9. The summed E-state index contributed by atoms with van der Waals surface area (Å²) in [6.07, 6.45) is 0.825. The van der Waals surface area contributed by atoms with E-state index in [4.69, 9.17) is 28.5 Å². The number of carbonyl (C=O) groups excluding carboxylic acids is 1. The maximum absolute atomic E-state index is 13.9. The van der Waals surface area contributed by atoms with Gasteiger partial charge in [0, 0.05) is 10.6 Å². The smallest absolute Gasteiger partial charge is 0.262 e. The van der Waals surface area contributed by atoms with Gasteiger partial charge in [-0.1, -0.05) is 41.4 Å². The van der Waals surface area contributed by atoms with Gasteiger partial charge in [0.15, 0.2) is 5.82 Å². The van der Waals surface area contributed by atoms with Gasteiger partial charge in [-0.3, -0.25) is 4.79 Å². The molecule has 2 rings (SSSR count). The maximum atomic E-state index is 13.9. The topological polar surface area (TPSA) is 52.9 Å². The zero-order chi connectivity index (χ0) is 18.6. The molecule has 1 amide bonds. The Morgan fingerprint density at radius 3 is 2.52 bits per heavy atom. The number of nitriles is 1. The Labute approximate surface area is 153 Å². The van der Waals surface area contributed by atoms with E-state index in [0.29, 0.717) is 10.6 Å². The molecule has 1 N–H and O–H groups in total. The predicted molar refractivity (Wildman–Crippen MR) is 93.0 cm³/mol. The van der Waals surface area contributed by atoms with Gasteiger partial charge in [-0.2, -0.15) is 5.26 Å². The standard InChI is InChI=1S/C18H12Cl2F2N2O/c1-10(12-4-2-3-5-14(12)19)24-18(25)11(9-23)8-13-16(21)7-6-15(20)17(13)22/h2-8,10H,1H3,(H,24,25)/t10-/m0/s1. The molecule has 7 heteroatoms. The molecule has 0 radical (unpaired) electrons. The van der Waals surface area contributed by atoms with E-state index >= 15 is 0 Å². The monoisotopic (exact) mass is 380 g/mol. The van der Waals surface area contributed by atoms with Gasteiger partial charge in [0.1, 0.15) is 17.5 Å². The molecule has 0 saturated heterocycles. The summed E-state index contributed by atoms with van der Waals surface area (Å²) < 4.78 is 27.7. The fourth-order valence-electron chi connectivity index (χ4n) is 2.15. The van der Waals surface area contributed by atoms with Crippen LogP contribution in [0.3, 0.4) is 0 Å². The van der Waals surface area contributed by atoms with E-state index in [2.05, 4.69) is 5.32 Å². The zero-order valence-electron chi connectivity index (χ0n) is 13.0. The van der Waals surface area contributed by atoms with Crippen LogP contribution >= 0.6 is 23.2 Å². The van der Waals surface area contributed by atoms with E-state index in [1.807, 2.05) is 0 Å². The van der Waals surface area contributed by atoms with E-state index in [1.54, 1.807) is 37.3 Å². The van der Waals surface area contributed by atoms with E-state index in [9.17, 15) is 13.6 Å². The molecular formula is C18H12Cl2F2N2O. The van der Waals surface area contributed by atoms with Crippen molar-refractivity contribution in [3.05, 3.63) is 74.8 Å². The molecule has 2 aromatic rings. The molecular weight excluding hydrogens is 369 g/mol. The quantitative estimate of drug-likeness (QED) is 0.458. The molecule has 0 saturated carbocycles. The predicted octanol–water partition coefficient (Wildman–Crippen LogP) is 5.06. The van der Waals surface area contributed by atoms with Gasteiger partial charge in [0.05, 0.1) is 11.1 Å². The number of nitrogens with one attached hydrogen (secondary N) is 1. The minimum atomic E-state index is -1.04. The molecule has 0 fully saturated rings. The van der Waals surface area contributed by atoms with Gasteiger partial charge < -0.3 is 5.32 Å². The van der Waals surface area contributed by atoms with Crippen LogP contribution in [-0.4, -0.2) is 5.91 Å². The molecule has 25 heavy (non-hydrogen) atoms. The van der Waals surface area contributed by atoms with E-state index in [-0.39, 0.29) is 5.02 Å². The number of benzene rings is 2. The Hall–Kier alpha value is -2.42. The number of rotatable bonds is 4. The van der Waals surface area contributed by atoms with Crippen LogP contribution in [0.25, 0.3) is 6.08 Å². The number of amides is 1. The van der Waals surface area contributed by atoms with Crippen molar-refractivity contribution in [2.24, 2.45) is 0 Å². The minimum absolute atomic E-state index is 0.310. The van der Waals surface area contributed by atoms with Crippen molar-refractivity contribution in [2.75, 3.05) is 0 Å². The molecule has 0 bridgehead atoms. The molecule has 1 atom stereocenters. The number of hydrogen-bond acceptors (Lipinski definition) is 2. The third-order valence-electron chi connectivity index (χ3n) is 3.45. The Balaban J connectivity index is 2.30. The first-order valence-electron chi connectivity index (χ1n) is 7.15. The van der Waals surface area contributed by atoms with Gasteiger partial charge >= 0.3 is 0 Å². The Morgan fingerprint density at radius 1 is 1.20 bits per heavy atom. The summed E-state index contributed by atoms with van der Waals surface area (Å²) in [6, 6.07) is 10.0. The van der Waals surface area contributed by atoms with Crippen molar-refractivity contribution in [1.82, 2.24) is 5.32 Å². The lowest BCUT2D eigenvalue weighted by Gasteiger charge is -2.15.